The molecular formula is C48H37F5N2O5S. The highest BCUT2D eigenvalue weighted by Crippen LogP contribution is 2.44. The van der Waals surface area contributed by atoms with Crippen LogP contribution in [0.3, 0.4) is 0 Å². The molecule has 0 bridgehead atoms. The molecule has 1 amide bonds. The van der Waals surface area contributed by atoms with Gasteiger partial charge in [-0.25, -0.2) is 26.9 Å². The summed E-state index contributed by atoms with van der Waals surface area (Å²) in [5, 5.41) is 12.4. The molecule has 1 fully saturated rings. The summed E-state index contributed by atoms with van der Waals surface area (Å²) in [5.74, 6) is -11.6. The normalized spacial score (nSPS) is 17.6. The Labute approximate surface area is 352 Å². The number of ether oxygens (including phenoxy) is 2. The second-order valence-electron chi connectivity index (χ2n) is 14.5. The van der Waals surface area contributed by atoms with E-state index in [1.165, 1.54) is 11.8 Å². The minimum atomic E-state index is -2.34. The monoisotopic (exact) mass is 848 g/mol. The quantitative estimate of drug-likeness (QED) is 0.0547. The number of thioether (sulfide) groups is 1. The lowest BCUT2D eigenvalue weighted by atomic mass is 9.91. The lowest BCUT2D eigenvalue weighted by Gasteiger charge is -2.41. The zero-order valence-corrected chi connectivity index (χ0v) is 33.3. The van der Waals surface area contributed by atoms with E-state index in [2.05, 4.69) is 12.2 Å². The molecule has 2 heterocycles. The van der Waals surface area contributed by atoms with Crippen LogP contribution in [0.15, 0.2) is 143 Å². The number of oxazole rings is 1. The predicted molar refractivity (Wildman–Crippen MR) is 220 cm³/mol. The molecule has 1 aliphatic heterocycles. The number of hydrogen-bond acceptors (Lipinski definition) is 7. The third kappa shape index (κ3) is 8.87. The van der Waals surface area contributed by atoms with Gasteiger partial charge in [0.05, 0.1) is 18.8 Å². The molecule has 7 nitrogen and oxygen atoms in total. The Kier molecular flexibility index (Phi) is 12.4. The molecule has 2 N–H and O–H groups in total. The summed E-state index contributed by atoms with van der Waals surface area (Å²) in [6, 6.07) is 41.7. The SMILES string of the molecule is C[C@@H]1[C@H](CSc2nc(-c3ccccc3)c(-c3ccccc3)o2)O[C@H](c2cccc(-c3cccc(CNC(=O)c4c(F)c(F)c(F)c(F)c4F)c3)c2)O[C@@H]1c1ccc(CO)cc1. The molecule has 61 heavy (non-hydrogen) atoms. The summed E-state index contributed by atoms with van der Waals surface area (Å²) in [7, 11) is 0. The van der Waals surface area contributed by atoms with Crippen molar-refractivity contribution in [3.8, 4) is 33.7 Å². The van der Waals surface area contributed by atoms with Crippen molar-refractivity contribution in [2.24, 2.45) is 5.92 Å². The standard InChI is InChI=1S/C48H37F5N2O5S/c1-27-36(26-61-48-55-43(30-11-4-2-5-12-30)45(60-48)31-13-6-3-7-14-31)58-47(59-44(27)32-20-18-28(25-56)19-21-32)35-17-9-16-34(23-35)33-15-8-10-29(22-33)24-54-46(57)37-38(49)40(51)42(53)41(52)39(37)50/h2-23,27,36,44,47,56H,24-26H2,1H3,(H,54,57)/t27-,36+,44+,47+/m1/s1. The molecule has 310 valence electrons. The minimum Gasteiger partial charge on any atom is -0.431 e. The van der Waals surface area contributed by atoms with Crippen molar-refractivity contribution in [3.05, 3.63) is 190 Å². The van der Waals surface area contributed by atoms with Crippen molar-refractivity contribution in [1.29, 1.82) is 0 Å². The third-order valence-electron chi connectivity index (χ3n) is 10.5. The fourth-order valence-electron chi connectivity index (χ4n) is 7.20. The maximum Gasteiger partial charge on any atom is 0.257 e. The van der Waals surface area contributed by atoms with E-state index in [1.54, 1.807) is 18.2 Å². The number of hydrogen-bond donors (Lipinski definition) is 2. The van der Waals surface area contributed by atoms with Crippen molar-refractivity contribution in [2.75, 3.05) is 5.75 Å². The van der Waals surface area contributed by atoms with Crippen LogP contribution in [-0.4, -0.2) is 27.9 Å². The van der Waals surface area contributed by atoms with Crippen molar-refractivity contribution >= 4 is 17.7 Å². The van der Waals surface area contributed by atoms with Gasteiger partial charge in [-0.3, -0.25) is 4.79 Å². The van der Waals surface area contributed by atoms with E-state index in [0.29, 0.717) is 27.9 Å². The first-order chi connectivity index (χ1) is 29.6. The van der Waals surface area contributed by atoms with Crippen molar-refractivity contribution in [3.63, 3.8) is 0 Å². The summed E-state index contributed by atoms with van der Waals surface area (Å²) >= 11 is 1.45. The predicted octanol–water partition coefficient (Wildman–Crippen LogP) is 11.4. The van der Waals surface area contributed by atoms with Crippen LogP contribution in [0.5, 0.6) is 0 Å². The van der Waals surface area contributed by atoms with Gasteiger partial charge in [0.2, 0.25) is 5.82 Å². The van der Waals surface area contributed by atoms with Gasteiger partial charge in [-0.1, -0.05) is 140 Å². The lowest BCUT2D eigenvalue weighted by molar-refractivity contribution is -0.268. The molecule has 6 aromatic carbocycles. The molecule has 0 spiro atoms. The van der Waals surface area contributed by atoms with Gasteiger partial charge in [0.15, 0.2) is 35.3 Å². The van der Waals surface area contributed by atoms with E-state index >= 15 is 0 Å². The highest BCUT2D eigenvalue weighted by Gasteiger charge is 2.39. The molecule has 7 aromatic rings. The van der Waals surface area contributed by atoms with Crippen LogP contribution in [-0.2, 0) is 22.6 Å². The minimum absolute atomic E-state index is 0.0931. The first-order valence-electron chi connectivity index (χ1n) is 19.3. The molecule has 0 unspecified atom stereocenters. The number of carbonyl (C=O) groups excluding carboxylic acids is 1. The Balaban J connectivity index is 1.04. The van der Waals surface area contributed by atoms with Gasteiger partial charge in [-0.05, 0) is 39.9 Å². The number of halogens is 5. The van der Waals surface area contributed by atoms with Crippen LogP contribution >= 0.6 is 11.8 Å². The maximum absolute atomic E-state index is 14.3. The summed E-state index contributed by atoms with van der Waals surface area (Å²) in [5.41, 5.74) is 5.38. The van der Waals surface area contributed by atoms with Crippen molar-refractivity contribution < 1.29 is 45.7 Å². The van der Waals surface area contributed by atoms with Crippen LogP contribution in [0.25, 0.3) is 33.7 Å². The van der Waals surface area contributed by atoms with Gasteiger partial charge in [-0.15, -0.1) is 0 Å². The Morgan fingerprint density at radius 1 is 0.672 bits per heavy atom. The van der Waals surface area contributed by atoms with E-state index in [1.807, 2.05) is 115 Å². The van der Waals surface area contributed by atoms with Gasteiger partial charge >= 0.3 is 0 Å². The molecule has 0 saturated carbocycles. The average Bonchev–Trinajstić information content (AvgIpc) is 3.74. The van der Waals surface area contributed by atoms with Crippen LogP contribution in [0.1, 0.15) is 51.9 Å². The summed E-state index contributed by atoms with van der Waals surface area (Å²) in [4.78, 5) is 17.6. The molecule has 4 atom stereocenters. The molecule has 0 radical (unpaired) electrons. The fraction of sp³-hybridized carbons (Fsp3) is 0.167. The number of rotatable bonds is 12. The molecule has 1 saturated heterocycles. The van der Waals surface area contributed by atoms with Gasteiger partial charge < -0.3 is 24.3 Å². The van der Waals surface area contributed by atoms with Crippen LogP contribution in [0.2, 0.25) is 0 Å². The molecule has 1 aromatic heterocycles. The first-order valence-corrected chi connectivity index (χ1v) is 20.3. The average molecular weight is 849 g/mol. The van der Waals surface area contributed by atoms with E-state index < -0.39 is 53.0 Å². The summed E-state index contributed by atoms with van der Waals surface area (Å²) < 4.78 is 89.5. The smallest absolute Gasteiger partial charge is 0.257 e. The van der Waals surface area contributed by atoms with Crippen molar-refractivity contribution in [1.82, 2.24) is 10.3 Å². The second kappa shape index (κ2) is 18.2. The Morgan fingerprint density at radius 3 is 1.95 bits per heavy atom. The lowest BCUT2D eigenvalue weighted by Crippen LogP contribution is -2.38. The highest BCUT2D eigenvalue weighted by molar-refractivity contribution is 7.99. The van der Waals surface area contributed by atoms with E-state index in [0.717, 1.165) is 39.1 Å². The molecule has 13 heteroatoms. The number of aliphatic hydroxyl groups excluding tert-OH is 1. The Morgan fingerprint density at radius 2 is 1.28 bits per heavy atom. The Hall–Kier alpha value is -6.12. The van der Waals surface area contributed by atoms with E-state index in [4.69, 9.17) is 18.9 Å². The number of benzene rings is 6. The number of carbonyl (C=O) groups is 1. The van der Waals surface area contributed by atoms with E-state index in [9.17, 15) is 31.9 Å². The van der Waals surface area contributed by atoms with Gasteiger partial charge in [0.25, 0.3) is 11.1 Å². The maximum atomic E-state index is 14.3. The fourth-order valence-corrected chi connectivity index (χ4v) is 8.19. The van der Waals surface area contributed by atoms with Crippen molar-refractivity contribution in [2.45, 2.75) is 43.8 Å². The third-order valence-corrected chi connectivity index (χ3v) is 11.4. The first kappa shape index (κ1) is 41.6. The van der Waals surface area contributed by atoms with Gasteiger partial charge in [0, 0.05) is 34.9 Å². The highest BCUT2D eigenvalue weighted by atomic mass is 32.2. The van der Waals surface area contributed by atoms with Crippen LogP contribution < -0.4 is 5.32 Å². The molecule has 8 rings (SSSR count). The molecule has 1 aliphatic rings. The summed E-state index contributed by atoms with van der Waals surface area (Å²) in [6.07, 6.45) is -1.54. The van der Waals surface area contributed by atoms with Gasteiger partial charge in [0.1, 0.15) is 11.3 Å². The second-order valence-corrected chi connectivity index (χ2v) is 15.4. The van der Waals surface area contributed by atoms with E-state index in [-0.39, 0.29) is 25.2 Å². The zero-order chi connectivity index (χ0) is 42.6. The number of aromatic nitrogens is 1. The van der Waals surface area contributed by atoms with Crippen LogP contribution in [0, 0.1) is 35.0 Å². The van der Waals surface area contributed by atoms with Gasteiger partial charge in [-0.2, -0.15) is 0 Å². The number of amides is 1. The zero-order valence-electron chi connectivity index (χ0n) is 32.5. The number of aliphatic hydroxyl groups is 1. The molecular weight excluding hydrogens is 812 g/mol. The topological polar surface area (TPSA) is 93.8 Å². The number of nitrogens with one attached hydrogen (secondary N) is 1. The Bertz CT molecular complexity index is 2580. The summed E-state index contributed by atoms with van der Waals surface area (Å²) in [6.45, 7) is 1.71. The largest absolute Gasteiger partial charge is 0.431 e. The molecule has 0 aliphatic carbocycles. The van der Waals surface area contributed by atoms with Crippen LogP contribution in [0.4, 0.5) is 22.0 Å². The number of nitrogens with zero attached hydrogens (tertiary/aromatic N) is 1.